The van der Waals surface area contributed by atoms with Crippen molar-refractivity contribution in [2.24, 2.45) is 5.92 Å². The van der Waals surface area contributed by atoms with E-state index in [-0.39, 0.29) is 0 Å². The van der Waals surface area contributed by atoms with Crippen molar-refractivity contribution in [1.29, 1.82) is 0 Å². The van der Waals surface area contributed by atoms with Gasteiger partial charge >= 0.3 is 0 Å². The fourth-order valence-corrected chi connectivity index (χ4v) is 3.02. The van der Waals surface area contributed by atoms with Crippen LogP contribution in [0.25, 0.3) is 0 Å². The van der Waals surface area contributed by atoms with E-state index in [1.54, 1.807) is 0 Å². The molecule has 2 N–H and O–H groups in total. The lowest BCUT2D eigenvalue weighted by atomic mass is 9.80. The van der Waals surface area contributed by atoms with Crippen LogP contribution in [0.15, 0.2) is 0 Å². The van der Waals surface area contributed by atoms with Crippen molar-refractivity contribution in [3.05, 3.63) is 0 Å². The van der Waals surface area contributed by atoms with Gasteiger partial charge in [0.15, 0.2) is 0 Å². The van der Waals surface area contributed by atoms with Crippen LogP contribution in [0.1, 0.15) is 64.7 Å². The van der Waals surface area contributed by atoms with Crippen LogP contribution in [0.3, 0.4) is 0 Å². The molecule has 2 heteroatoms. The van der Waals surface area contributed by atoms with Crippen molar-refractivity contribution in [3.63, 3.8) is 0 Å². The summed E-state index contributed by atoms with van der Waals surface area (Å²) in [6.45, 7) is 3.09. The smallest absolute Gasteiger partial charge is 0.0771 e. The molecule has 2 aliphatic carbocycles. The van der Waals surface area contributed by atoms with Gasteiger partial charge in [0.05, 0.1) is 5.60 Å². The van der Waals surface area contributed by atoms with Crippen LogP contribution in [-0.2, 0) is 0 Å². The summed E-state index contributed by atoms with van der Waals surface area (Å²) in [4.78, 5) is 0. The number of hydrogen-bond acceptors (Lipinski definition) is 2. The van der Waals surface area contributed by atoms with E-state index in [2.05, 4.69) is 12.2 Å². The highest BCUT2D eigenvalue weighted by molar-refractivity contribution is 4.87. The molecule has 94 valence electrons. The highest BCUT2D eigenvalue weighted by Crippen LogP contribution is 2.30. The molecule has 16 heavy (non-hydrogen) atoms. The van der Waals surface area contributed by atoms with E-state index in [1.807, 2.05) is 0 Å². The molecular weight excluding hydrogens is 198 g/mol. The molecule has 0 amide bonds. The van der Waals surface area contributed by atoms with Crippen LogP contribution in [-0.4, -0.2) is 23.3 Å². The van der Waals surface area contributed by atoms with Crippen LogP contribution in [0.4, 0.5) is 0 Å². The summed E-state index contributed by atoms with van der Waals surface area (Å²) in [6.07, 6.45) is 11.2. The maximum Gasteiger partial charge on any atom is 0.0771 e. The lowest BCUT2D eigenvalue weighted by molar-refractivity contribution is 0.0197. The van der Waals surface area contributed by atoms with Gasteiger partial charge in [-0.25, -0.2) is 0 Å². The van der Waals surface area contributed by atoms with E-state index in [0.29, 0.717) is 6.04 Å². The lowest BCUT2D eigenvalue weighted by Gasteiger charge is -2.35. The van der Waals surface area contributed by atoms with Gasteiger partial charge < -0.3 is 10.4 Å². The van der Waals surface area contributed by atoms with Gasteiger partial charge in [0.1, 0.15) is 0 Å². The normalized spacial score (nSPS) is 28.1. The Balaban J connectivity index is 1.73. The predicted octanol–water partition coefficient (Wildman–Crippen LogP) is 2.85. The topological polar surface area (TPSA) is 32.3 Å². The molecule has 2 saturated carbocycles. The molecule has 0 spiro atoms. The molecule has 1 atom stereocenters. The first-order valence-corrected chi connectivity index (χ1v) is 7.15. The van der Waals surface area contributed by atoms with Crippen molar-refractivity contribution in [2.75, 3.05) is 6.54 Å². The summed E-state index contributed by atoms with van der Waals surface area (Å²) in [5.74, 6) is 0.870. The Kier molecular flexibility index (Phi) is 4.26. The third kappa shape index (κ3) is 3.21. The highest BCUT2D eigenvalue weighted by atomic mass is 16.3. The summed E-state index contributed by atoms with van der Waals surface area (Å²) < 4.78 is 0. The minimum Gasteiger partial charge on any atom is -0.389 e. The van der Waals surface area contributed by atoms with Gasteiger partial charge in [0, 0.05) is 12.6 Å². The third-order valence-corrected chi connectivity index (χ3v) is 4.64. The molecule has 2 aliphatic rings. The molecule has 0 aromatic carbocycles. The third-order valence-electron chi connectivity index (χ3n) is 4.64. The highest BCUT2D eigenvalue weighted by Gasteiger charge is 2.30. The first-order valence-electron chi connectivity index (χ1n) is 7.15. The largest absolute Gasteiger partial charge is 0.389 e. The summed E-state index contributed by atoms with van der Waals surface area (Å²) in [6, 6.07) is 0.598. The van der Waals surface area contributed by atoms with Crippen LogP contribution in [0.2, 0.25) is 0 Å². The number of aliphatic hydroxyl groups is 1. The summed E-state index contributed by atoms with van der Waals surface area (Å²) in [7, 11) is 0. The van der Waals surface area contributed by atoms with Crippen LogP contribution in [0, 0.1) is 5.92 Å². The minimum absolute atomic E-state index is 0.408. The molecule has 0 bridgehead atoms. The lowest BCUT2D eigenvalue weighted by Crippen LogP contribution is -2.46. The van der Waals surface area contributed by atoms with Gasteiger partial charge in [-0.05, 0) is 38.5 Å². The average molecular weight is 225 g/mol. The van der Waals surface area contributed by atoms with E-state index in [9.17, 15) is 5.11 Å². The zero-order valence-electron chi connectivity index (χ0n) is 10.7. The van der Waals surface area contributed by atoms with E-state index in [0.717, 1.165) is 25.3 Å². The molecule has 0 saturated heterocycles. The fraction of sp³-hybridized carbons (Fsp3) is 1.00. The molecular formula is C14H27NO. The summed E-state index contributed by atoms with van der Waals surface area (Å²) in [5.41, 5.74) is -0.408. The monoisotopic (exact) mass is 225 g/mol. The fourth-order valence-electron chi connectivity index (χ4n) is 3.02. The van der Waals surface area contributed by atoms with Crippen LogP contribution >= 0.6 is 0 Å². The SMILES string of the molecule is CC(NCC1(O)CCCCCC1)C1CCC1. The molecule has 0 heterocycles. The number of nitrogens with one attached hydrogen (secondary N) is 1. The van der Waals surface area contributed by atoms with Crippen LogP contribution in [0.5, 0.6) is 0 Å². The van der Waals surface area contributed by atoms with Crippen molar-refractivity contribution in [1.82, 2.24) is 5.32 Å². The van der Waals surface area contributed by atoms with Crippen molar-refractivity contribution in [2.45, 2.75) is 76.4 Å². The van der Waals surface area contributed by atoms with E-state index >= 15 is 0 Å². The molecule has 1 unspecified atom stereocenters. The standard InChI is InChI=1S/C14H27NO/c1-12(13-7-6-8-13)15-11-14(16)9-4-2-3-5-10-14/h12-13,15-16H,2-11H2,1H3. The Bertz CT molecular complexity index is 205. The Morgan fingerprint density at radius 2 is 1.75 bits per heavy atom. The zero-order valence-corrected chi connectivity index (χ0v) is 10.7. The molecule has 2 rings (SSSR count). The quantitative estimate of drug-likeness (QED) is 0.721. The average Bonchev–Trinajstić information content (AvgIpc) is 2.38. The van der Waals surface area contributed by atoms with Gasteiger partial charge in [-0.2, -0.15) is 0 Å². The van der Waals surface area contributed by atoms with E-state index in [4.69, 9.17) is 0 Å². The van der Waals surface area contributed by atoms with Gasteiger partial charge in [-0.15, -0.1) is 0 Å². The second kappa shape index (κ2) is 5.50. The maximum atomic E-state index is 10.5. The summed E-state index contributed by atoms with van der Waals surface area (Å²) in [5, 5.41) is 14.1. The minimum atomic E-state index is -0.408. The first-order chi connectivity index (χ1) is 7.70. The first kappa shape index (κ1) is 12.4. The van der Waals surface area contributed by atoms with Crippen molar-refractivity contribution in [3.8, 4) is 0 Å². The van der Waals surface area contributed by atoms with Crippen molar-refractivity contribution < 1.29 is 5.11 Å². The molecule has 2 fully saturated rings. The second-order valence-electron chi connectivity index (χ2n) is 6.00. The number of rotatable bonds is 4. The predicted molar refractivity (Wildman–Crippen MR) is 67.5 cm³/mol. The van der Waals surface area contributed by atoms with Gasteiger partial charge in [-0.1, -0.05) is 32.1 Å². The summed E-state index contributed by atoms with van der Waals surface area (Å²) >= 11 is 0. The van der Waals surface area contributed by atoms with Crippen LogP contribution < -0.4 is 5.32 Å². The van der Waals surface area contributed by atoms with Gasteiger partial charge in [0.25, 0.3) is 0 Å². The van der Waals surface area contributed by atoms with E-state index in [1.165, 1.54) is 44.9 Å². The van der Waals surface area contributed by atoms with E-state index < -0.39 is 5.60 Å². The van der Waals surface area contributed by atoms with Crippen molar-refractivity contribution >= 4 is 0 Å². The van der Waals surface area contributed by atoms with Gasteiger partial charge in [-0.3, -0.25) is 0 Å². The Hall–Kier alpha value is -0.0800. The Labute approximate surface area is 99.8 Å². The molecule has 0 aliphatic heterocycles. The maximum absolute atomic E-state index is 10.5. The molecule has 0 aromatic rings. The zero-order chi connectivity index (χ0) is 11.4. The molecule has 0 aromatic heterocycles. The molecule has 2 nitrogen and oxygen atoms in total. The Morgan fingerprint density at radius 3 is 2.25 bits per heavy atom. The second-order valence-corrected chi connectivity index (χ2v) is 6.00. The molecule has 0 radical (unpaired) electrons. The van der Waals surface area contributed by atoms with Gasteiger partial charge in [0.2, 0.25) is 0 Å². The number of hydrogen-bond donors (Lipinski definition) is 2. The Morgan fingerprint density at radius 1 is 1.12 bits per heavy atom.